The average molecular weight is 477 g/mol. The number of carbonyl (C=O) groups is 2. The van der Waals surface area contributed by atoms with Crippen LogP contribution in [-0.2, 0) is 14.3 Å². The summed E-state index contributed by atoms with van der Waals surface area (Å²) in [5.41, 5.74) is 2.20. The van der Waals surface area contributed by atoms with Crippen LogP contribution >= 0.6 is 11.6 Å². The van der Waals surface area contributed by atoms with Gasteiger partial charge in [0.15, 0.2) is 0 Å². The lowest BCUT2D eigenvalue weighted by atomic mass is 9.47. The Labute approximate surface area is 206 Å². The molecule has 0 saturated heterocycles. The van der Waals surface area contributed by atoms with Crippen molar-refractivity contribution >= 4 is 22.8 Å². The molecule has 4 rings (SSSR count). The van der Waals surface area contributed by atoms with Gasteiger partial charge < -0.3 is 4.74 Å². The molecule has 4 aliphatic rings. The zero-order valence-corrected chi connectivity index (χ0v) is 22.3. The van der Waals surface area contributed by atoms with E-state index < -0.39 is 11.2 Å². The minimum Gasteiger partial charge on any atom is -0.455 e. The molecule has 8 atom stereocenters. The van der Waals surface area contributed by atoms with Crippen LogP contribution in [0.5, 0.6) is 0 Å². The second kappa shape index (κ2) is 9.67. The van der Waals surface area contributed by atoms with Crippen LogP contribution in [0, 0.1) is 46.3 Å². The topological polar surface area (TPSA) is 43.4 Å². The lowest BCUT2D eigenvalue weighted by Gasteiger charge is -2.58. The van der Waals surface area contributed by atoms with Gasteiger partial charge in [-0.05, 0) is 103 Å². The van der Waals surface area contributed by atoms with E-state index in [9.17, 15) is 9.59 Å². The Morgan fingerprint density at radius 3 is 2.52 bits per heavy atom. The molecule has 0 bridgehead atoms. The molecule has 8 unspecified atom stereocenters. The number of carbonyl (C=O) groups excluding carboxylic acids is 2. The first kappa shape index (κ1) is 25.3. The zero-order valence-electron chi connectivity index (χ0n) is 21.5. The first-order chi connectivity index (χ1) is 15.6. The normalized spacial score (nSPS) is 40.9. The second-order valence-electron chi connectivity index (χ2n) is 12.8. The molecule has 3 saturated carbocycles. The molecule has 0 N–H and O–H groups in total. The summed E-state index contributed by atoms with van der Waals surface area (Å²) in [5, 5.41) is -1.01. The minimum absolute atomic E-state index is 0.201. The summed E-state index contributed by atoms with van der Waals surface area (Å²) in [4.78, 5) is 22.8. The van der Waals surface area contributed by atoms with E-state index in [1.807, 2.05) is 0 Å². The molecule has 0 heterocycles. The molecular formula is C29H45ClO3. The quantitative estimate of drug-likeness (QED) is 0.163. The maximum atomic E-state index is 11.7. The summed E-state index contributed by atoms with van der Waals surface area (Å²) < 4.78 is 5.39. The molecule has 186 valence electrons. The molecule has 4 heteroatoms. The lowest BCUT2D eigenvalue weighted by molar-refractivity contribution is -0.156. The number of hydrogen-bond donors (Lipinski definition) is 0. The van der Waals surface area contributed by atoms with Crippen LogP contribution in [0.1, 0.15) is 105 Å². The maximum Gasteiger partial charge on any atom is 0.391 e. The molecule has 33 heavy (non-hydrogen) atoms. The number of allylic oxidation sites excluding steroid dienone is 1. The fourth-order valence-corrected chi connectivity index (χ4v) is 8.99. The van der Waals surface area contributed by atoms with Crippen LogP contribution in [0.25, 0.3) is 0 Å². The van der Waals surface area contributed by atoms with E-state index in [4.69, 9.17) is 16.3 Å². The Kier molecular flexibility index (Phi) is 7.40. The summed E-state index contributed by atoms with van der Waals surface area (Å²) in [6.45, 7) is 12.4. The smallest absolute Gasteiger partial charge is 0.391 e. The number of esters is 1. The first-order valence-corrected chi connectivity index (χ1v) is 14.0. The van der Waals surface area contributed by atoms with Crippen molar-refractivity contribution in [3.05, 3.63) is 11.6 Å². The molecule has 0 aromatic rings. The second-order valence-corrected chi connectivity index (χ2v) is 13.2. The molecule has 0 spiro atoms. The summed E-state index contributed by atoms with van der Waals surface area (Å²) in [6.07, 6.45) is 15.8. The van der Waals surface area contributed by atoms with Gasteiger partial charge in [0.25, 0.3) is 0 Å². The Morgan fingerprint density at radius 2 is 1.82 bits per heavy atom. The minimum atomic E-state index is -1.01. The van der Waals surface area contributed by atoms with Crippen LogP contribution in [0.15, 0.2) is 11.6 Å². The number of rotatable bonds is 7. The number of hydrogen-bond acceptors (Lipinski definition) is 3. The fraction of sp³-hybridized carbons (Fsp3) is 0.862. The van der Waals surface area contributed by atoms with Gasteiger partial charge in [-0.2, -0.15) is 0 Å². The van der Waals surface area contributed by atoms with Gasteiger partial charge in [-0.25, -0.2) is 4.79 Å². The largest absolute Gasteiger partial charge is 0.455 e. The Bertz CT molecular complexity index is 788. The van der Waals surface area contributed by atoms with Crippen LogP contribution < -0.4 is 0 Å². The zero-order chi connectivity index (χ0) is 24.0. The molecule has 0 aromatic heterocycles. The Hall–Kier alpha value is -0.830. The maximum absolute atomic E-state index is 11.7. The first-order valence-electron chi connectivity index (χ1n) is 13.7. The van der Waals surface area contributed by atoms with Crippen molar-refractivity contribution < 1.29 is 14.3 Å². The number of ether oxygens (including phenoxy) is 1. The van der Waals surface area contributed by atoms with Crippen molar-refractivity contribution in [3.63, 3.8) is 0 Å². The van der Waals surface area contributed by atoms with E-state index in [0.717, 1.165) is 54.8 Å². The highest BCUT2D eigenvalue weighted by Gasteiger charge is 2.59. The summed E-state index contributed by atoms with van der Waals surface area (Å²) >= 11 is 5.32. The summed E-state index contributed by atoms with van der Waals surface area (Å²) in [7, 11) is 0. The van der Waals surface area contributed by atoms with Gasteiger partial charge in [-0.1, -0.05) is 65.5 Å². The summed E-state index contributed by atoms with van der Waals surface area (Å²) in [5.74, 6) is 4.05. The number of halogens is 1. The third kappa shape index (κ3) is 4.69. The molecular weight excluding hydrogens is 432 g/mol. The molecule has 3 fully saturated rings. The lowest BCUT2D eigenvalue weighted by Crippen LogP contribution is -2.51. The summed E-state index contributed by atoms with van der Waals surface area (Å²) in [6, 6.07) is 0. The van der Waals surface area contributed by atoms with E-state index in [1.165, 1.54) is 56.9 Å². The standard InChI is InChI=1S/C29H45ClO3/c1-18(2)7-6-8-19(3)23-11-12-24-22-10-9-20-17-21(33-27(32)26(30)31)13-15-28(20,4)25(22)14-16-29(23,24)5/h9,18-19,21-25H,6-8,10-17H2,1-5H3. The molecule has 0 amide bonds. The predicted octanol–water partition coefficient (Wildman–Crippen LogP) is 7.71. The van der Waals surface area contributed by atoms with E-state index in [-0.39, 0.29) is 11.5 Å². The molecule has 0 radical (unpaired) electrons. The Morgan fingerprint density at radius 1 is 1.06 bits per heavy atom. The van der Waals surface area contributed by atoms with Crippen LogP contribution in [0.2, 0.25) is 0 Å². The van der Waals surface area contributed by atoms with Crippen molar-refractivity contribution in [1.82, 2.24) is 0 Å². The third-order valence-corrected chi connectivity index (χ3v) is 10.8. The Balaban J connectivity index is 1.45. The highest BCUT2D eigenvalue weighted by molar-refractivity contribution is 6.80. The fourth-order valence-electron chi connectivity index (χ4n) is 8.95. The van der Waals surface area contributed by atoms with Crippen molar-refractivity contribution in [2.24, 2.45) is 46.3 Å². The number of fused-ring (bicyclic) bond motifs is 5. The van der Waals surface area contributed by atoms with Gasteiger partial charge in [0, 0.05) is 6.42 Å². The molecule has 0 aromatic carbocycles. The van der Waals surface area contributed by atoms with E-state index >= 15 is 0 Å². The van der Waals surface area contributed by atoms with Crippen molar-refractivity contribution in [3.8, 4) is 0 Å². The van der Waals surface area contributed by atoms with Crippen LogP contribution in [0.4, 0.5) is 0 Å². The highest BCUT2D eigenvalue weighted by atomic mass is 35.5. The van der Waals surface area contributed by atoms with Gasteiger partial charge in [0.1, 0.15) is 6.10 Å². The van der Waals surface area contributed by atoms with Crippen molar-refractivity contribution in [2.75, 3.05) is 0 Å². The molecule has 0 aliphatic heterocycles. The van der Waals surface area contributed by atoms with Gasteiger partial charge in [0.2, 0.25) is 0 Å². The average Bonchev–Trinajstić information content (AvgIpc) is 3.11. The van der Waals surface area contributed by atoms with E-state index in [2.05, 4.69) is 40.7 Å². The van der Waals surface area contributed by atoms with Crippen molar-refractivity contribution in [1.29, 1.82) is 0 Å². The van der Waals surface area contributed by atoms with E-state index in [1.54, 1.807) is 0 Å². The highest BCUT2D eigenvalue weighted by Crippen LogP contribution is 2.67. The third-order valence-electron chi connectivity index (χ3n) is 10.7. The monoisotopic (exact) mass is 476 g/mol. The van der Waals surface area contributed by atoms with Gasteiger partial charge in [0.05, 0.1) is 0 Å². The van der Waals surface area contributed by atoms with Gasteiger partial charge in [-0.3, -0.25) is 4.79 Å². The van der Waals surface area contributed by atoms with Gasteiger partial charge >= 0.3 is 11.2 Å². The molecule has 3 nitrogen and oxygen atoms in total. The van der Waals surface area contributed by atoms with E-state index in [0.29, 0.717) is 5.41 Å². The van der Waals surface area contributed by atoms with Crippen LogP contribution in [0.3, 0.4) is 0 Å². The SMILES string of the molecule is CC(C)CCCC(C)C1CCC2C3CC=C4CC(OC(=O)C(=O)Cl)CCC4(C)C3CCC12C. The predicted molar refractivity (Wildman–Crippen MR) is 134 cm³/mol. The molecule has 4 aliphatic carbocycles. The van der Waals surface area contributed by atoms with Crippen LogP contribution in [-0.4, -0.2) is 17.3 Å². The van der Waals surface area contributed by atoms with Crippen molar-refractivity contribution in [2.45, 2.75) is 111 Å². The van der Waals surface area contributed by atoms with Gasteiger partial charge in [-0.15, -0.1) is 0 Å².